The van der Waals surface area contributed by atoms with Gasteiger partial charge >= 0.3 is 25.7 Å². The van der Waals surface area contributed by atoms with Crippen LogP contribution in [0.5, 0.6) is 11.5 Å². The summed E-state index contributed by atoms with van der Waals surface area (Å²) in [6, 6.07) is 10.5. The summed E-state index contributed by atoms with van der Waals surface area (Å²) in [5, 5.41) is 1.60. The van der Waals surface area contributed by atoms with Gasteiger partial charge in [0.25, 0.3) is 0 Å². The minimum atomic E-state index is -2.63. The van der Waals surface area contributed by atoms with E-state index in [0.717, 1.165) is 0 Å². The van der Waals surface area contributed by atoms with Gasteiger partial charge in [-0.2, -0.15) is 0 Å². The zero-order valence-electron chi connectivity index (χ0n) is 17.1. The van der Waals surface area contributed by atoms with Gasteiger partial charge in [0.15, 0.2) is 0 Å². The molecule has 0 bridgehead atoms. The summed E-state index contributed by atoms with van der Waals surface area (Å²) in [6.07, 6.45) is 0. The summed E-state index contributed by atoms with van der Waals surface area (Å²) < 4.78 is 25.0. The second kappa shape index (κ2) is 9.50. The molecule has 4 nitrogen and oxygen atoms in total. The van der Waals surface area contributed by atoms with Gasteiger partial charge in [-0.05, 0) is 63.5 Å². The minimum absolute atomic E-state index is 0.368. The van der Waals surface area contributed by atoms with Crippen LogP contribution in [0.2, 0.25) is 59.4 Å². The van der Waals surface area contributed by atoms with E-state index >= 15 is 0 Å². The quantitative estimate of drug-likeness (QED) is 0.325. The third kappa shape index (κ3) is 7.45. The molecule has 0 unspecified atom stereocenters. The molecule has 0 fully saturated rings. The van der Waals surface area contributed by atoms with Crippen molar-refractivity contribution < 1.29 is 17.1 Å². The molecule has 0 heterocycles. The van der Waals surface area contributed by atoms with E-state index in [1.165, 1.54) is 0 Å². The van der Waals surface area contributed by atoms with Gasteiger partial charge in [-0.15, -0.1) is 0 Å². The van der Waals surface area contributed by atoms with E-state index in [2.05, 4.69) is 0 Å². The Morgan fingerprint density at radius 3 is 1.24 bits per heavy atom. The molecule has 0 amide bonds. The zero-order chi connectivity index (χ0) is 22.0. The highest BCUT2D eigenvalue weighted by Gasteiger charge is 2.44. The highest BCUT2D eigenvalue weighted by molar-refractivity contribution is 6.85. The largest absolute Gasteiger partial charge is 0.520 e. The fourth-order valence-electron chi connectivity index (χ4n) is 2.90. The van der Waals surface area contributed by atoms with Crippen molar-refractivity contribution in [2.45, 2.75) is 39.3 Å². The van der Waals surface area contributed by atoms with Crippen LogP contribution in [0.25, 0.3) is 0 Å². The molecule has 0 aliphatic heterocycles. The maximum atomic E-state index is 6.38. The molecular weight excluding hydrogens is 506 g/mol. The lowest BCUT2D eigenvalue weighted by Gasteiger charge is -2.37. The summed E-state index contributed by atoms with van der Waals surface area (Å²) in [6.45, 7) is 11.7. The van der Waals surface area contributed by atoms with Crippen molar-refractivity contribution in [3.05, 3.63) is 56.5 Å². The van der Waals surface area contributed by atoms with E-state index in [9.17, 15) is 0 Å². The van der Waals surface area contributed by atoms with E-state index in [1.54, 1.807) is 36.4 Å². The molecular formula is C18H24Cl4O4Si3. The Hall–Kier alpha value is -0.229. The predicted octanol–water partition coefficient (Wildman–Crippen LogP) is 7.90. The molecule has 0 saturated heterocycles. The van der Waals surface area contributed by atoms with E-state index in [-0.39, 0.29) is 0 Å². The van der Waals surface area contributed by atoms with Crippen LogP contribution >= 0.6 is 46.4 Å². The van der Waals surface area contributed by atoms with Gasteiger partial charge < -0.3 is 17.1 Å². The molecule has 0 spiro atoms. The monoisotopic (exact) mass is 528 g/mol. The van der Waals surface area contributed by atoms with E-state index in [0.29, 0.717) is 31.6 Å². The van der Waals surface area contributed by atoms with E-state index in [4.69, 9.17) is 63.5 Å². The lowest BCUT2D eigenvalue weighted by Crippen LogP contribution is -2.56. The molecule has 0 aromatic heterocycles. The third-order valence-electron chi connectivity index (χ3n) is 3.53. The molecule has 2 aromatic rings. The van der Waals surface area contributed by atoms with Gasteiger partial charge in [0.1, 0.15) is 11.5 Å². The number of hydrogen-bond acceptors (Lipinski definition) is 4. The Morgan fingerprint density at radius 2 is 0.897 bits per heavy atom. The first-order valence-electron chi connectivity index (χ1n) is 8.88. The second-order valence-corrected chi connectivity index (χ2v) is 19.7. The average Bonchev–Trinajstić information content (AvgIpc) is 2.53. The summed E-state index contributed by atoms with van der Waals surface area (Å²) in [5.41, 5.74) is 0. The van der Waals surface area contributed by atoms with Crippen molar-refractivity contribution in [1.82, 2.24) is 0 Å². The van der Waals surface area contributed by atoms with Gasteiger partial charge in [-0.25, -0.2) is 0 Å². The maximum Gasteiger partial charge on any atom is 0.383 e. The van der Waals surface area contributed by atoms with Crippen LogP contribution in [-0.2, 0) is 8.23 Å². The maximum absolute atomic E-state index is 6.38. The molecule has 0 aliphatic carbocycles. The molecule has 2 rings (SSSR count). The fraction of sp³-hybridized carbons (Fsp3) is 0.333. The first-order chi connectivity index (χ1) is 13.2. The second-order valence-electron chi connectivity index (χ2n) is 7.71. The van der Waals surface area contributed by atoms with Crippen LogP contribution in [0.3, 0.4) is 0 Å². The highest BCUT2D eigenvalue weighted by Crippen LogP contribution is 2.35. The van der Waals surface area contributed by atoms with Crippen LogP contribution < -0.4 is 8.85 Å². The first kappa shape index (κ1) is 25.0. The Morgan fingerprint density at radius 1 is 0.552 bits per heavy atom. The predicted molar refractivity (Wildman–Crippen MR) is 129 cm³/mol. The fourth-order valence-corrected chi connectivity index (χ4v) is 15.4. The van der Waals surface area contributed by atoms with Crippen molar-refractivity contribution in [2.75, 3.05) is 0 Å². The van der Waals surface area contributed by atoms with Crippen LogP contribution in [0, 0.1) is 0 Å². The summed E-state index contributed by atoms with van der Waals surface area (Å²) in [4.78, 5) is 0. The lowest BCUT2D eigenvalue weighted by molar-refractivity contribution is 0.302. The summed E-state index contributed by atoms with van der Waals surface area (Å²) in [5.74, 6) is 0.998. The van der Waals surface area contributed by atoms with Gasteiger partial charge in [-0.3, -0.25) is 0 Å². The third-order valence-corrected chi connectivity index (χ3v) is 14.4. The molecule has 160 valence electrons. The topological polar surface area (TPSA) is 36.9 Å². The highest BCUT2D eigenvalue weighted by atomic mass is 35.5. The minimum Gasteiger partial charge on any atom is -0.520 e. The van der Waals surface area contributed by atoms with E-state index < -0.39 is 25.7 Å². The van der Waals surface area contributed by atoms with Gasteiger partial charge in [-0.1, -0.05) is 58.5 Å². The number of benzene rings is 2. The van der Waals surface area contributed by atoms with Crippen molar-refractivity contribution in [3.8, 4) is 11.5 Å². The SMILES string of the molecule is C[Si](C)(Oc1cccc(Cl)c1Cl)O[Si](C)(C)O[Si](C)(C)Oc1cccc(Cl)c1Cl. The zero-order valence-corrected chi connectivity index (χ0v) is 23.1. The normalized spacial score (nSPS) is 12.8. The van der Waals surface area contributed by atoms with Crippen LogP contribution in [-0.4, -0.2) is 25.7 Å². The van der Waals surface area contributed by atoms with Gasteiger partial charge in [0, 0.05) is 0 Å². The number of halogens is 4. The van der Waals surface area contributed by atoms with Crippen LogP contribution in [0.1, 0.15) is 0 Å². The molecule has 0 radical (unpaired) electrons. The summed E-state index contributed by atoms with van der Waals surface area (Å²) in [7, 11) is -7.89. The van der Waals surface area contributed by atoms with Crippen molar-refractivity contribution in [3.63, 3.8) is 0 Å². The Balaban J connectivity index is 2.10. The number of rotatable bonds is 8. The molecule has 11 heteroatoms. The first-order valence-corrected chi connectivity index (χ1v) is 18.8. The van der Waals surface area contributed by atoms with E-state index in [1.807, 2.05) is 39.3 Å². The smallest absolute Gasteiger partial charge is 0.383 e. The molecule has 2 aromatic carbocycles. The molecule has 29 heavy (non-hydrogen) atoms. The molecule has 0 N–H and O–H groups in total. The molecule has 0 aliphatic rings. The standard InChI is InChI=1S/C18H24Cl4O4Si3/c1-27(2,23-15-11-7-9-13(19)17(15)21)25-29(5,6)26-28(3,4)24-16-12-8-10-14(20)18(16)22/h7-12H,1-6H3. The van der Waals surface area contributed by atoms with Crippen molar-refractivity contribution in [1.29, 1.82) is 0 Å². The Bertz CT molecular complexity index is 809. The van der Waals surface area contributed by atoms with Gasteiger partial charge in [0.05, 0.1) is 20.1 Å². The van der Waals surface area contributed by atoms with Crippen LogP contribution in [0.15, 0.2) is 36.4 Å². The molecule has 0 atom stereocenters. The van der Waals surface area contributed by atoms with Crippen LogP contribution in [0.4, 0.5) is 0 Å². The average molecular weight is 530 g/mol. The van der Waals surface area contributed by atoms with Crippen molar-refractivity contribution in [2.24, 2.45) is 0 Å². The lowest BCUT2D eigenvalue weighted by atomic mass is 10.3. The summed E-state index contributed by atoms with van der Waals surface area (Å²) >= 11 is 24.7. The molecule has 0 saturated carbocycles. The Kier molecular flexibility index (Phi) is 8.20. The van der Waals surface area contributed by atoms with Crippen molar-refractivity contribution >= 4 is 72.1 Å². The number of hydrogen-bond donors (Lipinski definition) is 0. The van der Waals surface area contributed by atoms with Gasteiger partial charge in [0.2, 0.25) is 0 Å². The Labute approximate surface area is 195 Å².